The molecule has 0 aliphatic carbocycles. The number of nitrogens with two attached hydrogens (primary N) is 1. The van der Waals surface area contributed by atoms with Gasteiger partial charge in [0.05, 0.1) is 4.88 Å². The average Bonchev–Trinajstić information content (AvgIpc) is 2.74. The van der Waals surface area contributed by atoms with Gasteiger partial charge in [-0.1, -0.05) is 20.8 Å². The van der Waals surface area contributed by atoms with Crippen LogP contribution in [0.15, 0.2) is 12.1 Å². The Hall–Kier alpha value is -0.870. The molecule has 3 nitrogen and oxygen atoms in total. The standard InChI is InChI=1S/C14H24N2OS/c1-5-8-16(10-14(3,4)9-15)13(17)12-7-6-11(2)18-12/h6-7H,5,8-10,15H2,1-4H3. The molecule has 1 aromatic rings. The number of carbonyl (C=O) groups excluding carboxylic acids is 1. The number of rotatable bonds is 6. The van der Waals surface area contributed by atoms with Crippen molar-refractivity contribution in [1.82, 2.24) is 4.90 Å². The normalized spacial score (nSPS) is 11.6. The summed E-state index contributed by atoms with van der Waals surface area (Å²) >= 11 is 1.56. The van der Waals surface area contributed by atoms with Crippen LogP contribution < -0.4 is 5.73 Å². The van der Waals surface area contributed by atoms with E-state index in [1.807, 2.05) is 24.0 Å². The number of amides is 1. The summed E-state index contributed by atoms with van der Waals surface area (Å²) in [5.74, 6) is 0.136. The number of aryl methyl sites for hydroxylation is 1. The minimum Gasteiger partial charge on any atom is -0.337 e. The maximum absolute atomic E-state index is 12.4. The summed E-state index contributed by atoms with van der Waals surface area (Å²) in [6.07, 6.45) is 0.969. The van der Waals surface area contributed by atoms with Crippen LogP contribution in [0.1, 0.15) is 41.7 Å². The molecule has 0 unspecified atom stereocenters. The van der Waals surface area contributed by atoms with Gasteiger partial charge in [0.2, 0.25) is 0 Å². The van der Waals surface area contributed by atoms with Gasteiger partial charge in [-0.15, -0.1) is 11.3 Å². The molecule has 0 aliphatic heterocycles. The Labute approximate surface area is 114 Å². The van der Waals surface area contributed by atoms with Gasteiger partial charge in [-0.25, -0.2) is 0 Å². The van der Waals surface area contributed by atoms with Crippen molar-refractivity contribution in [1.29, 1.82) is 0 Å². The fourth-order valence-corrected chi connectivity index (χ4v) is 2.64. The topological polar surface area (TPSA) is 46.3 Å². The van der Waals surface area contributed by atoms with Crippen molar-refractivity contribution in [3.05, 3.63) is 21.9 Å². The molecule has 0 aromatic carbocycles. The van der Waals surface area contributed by atoms with Gasteiger partial charge in [0.1, 0.15) is 0 Å². The van der Waals surface area contributed by atoms with E-state index in [1.165, 1.54) is 4.88 Å². The number of thiophene rings is 1. The largest absolute Gasteiger partial charge is 0.337 e. The second kappa shape index (κ2) is 6.34. The number of nitrogens with zero attached hydrogens (tertiary/aromatic N) is 1. The van der Waals surface area contributed by atoms with E-state index in [4.69, 9.17) is 5.73 Å². The summed E-state index contributed by atoms with van der Waals surface area (Å²) in [6, 6.07) is 3.91. The maximum atomic E-state index is 12.4. The lowest BCUT2D eigenvalue weighted by Crippen LogP contribution is -2.42. The zero-order valence-corrected chi connectivity index (χ0v) is 12.6. The highest BCUT2D eigenvalue weighted by Crippen LogP contribution is 2.21. The molecule has 1 aromatic heterocycles. The van der Waals surface area contributed by atoms with Crippen molar-refractivity contribution in [2.45, 2.75) is 34.1 Å². The lowest BCUT2D eigenvalue weighted by Gasteiger charge is -2.31. The Kier molecular flexibility index (Phi) is 5.35. The molecular formula is C14H24N2OS. The fraction of sp³-hybridized carbons (Fsp3) is 0.643. The molecule has 102 valence electrons. The van der Waals surface area contributed by atoms with E-state index in [0.717, 1.165) is 17.8 Å². The smallest absolute Gasteiger partial charge is 0.263 e. The van der Waals surface area contributed by atoms with Crippen LogP contribution in [-0.4, -0.2) is 30.4 Å². The van der Waals surface area contributed by atoms with Crippen LogP contribution in [0.2, 0.25) is 0 Å². The quantitative estimate of drug-likeness (QED) is 0.862. The van der Waals surface area contributed by atoms with Gasteiger partial charge in [-0.3, -0.25) is 4.79 Å². The highest BCUT2D eigenvalue weighted by molar-refractivity contribution is 7.13. The lowest BCUT2D eigenvalue weighted by atomic mass is 9.93. The van der Waals surface area contributed by atoms with Crippen LogP contribution in [0, 0.1) is 12.3 Å². The zero-order chi connectivity index (χ0) is 13.8. The van der Waals surface area contributed by atoms with Gasteiger partial charge in [0, 0.05) is 18.0 Å². The van der Waals surface area contributed by atoms with Gasteiger partial charge >= 0.3 is 0 Å². The number of hydrogen-bond acceptors (Lipinski definition) is 3. The monoisotopic (exact) mass is 268 g/mol. The first-order chi connectivity index (χ1) is 8.39. The molecule has 1 amide bonds. The molecule has 0 saturated carbocycles. The third kappa shape index (κ3) is 4.10. The van der Waals surface area contributed by atoms with Gasteiger partial charge in [0.15, 0.2) is 0 Å². The summed E-state index contributed by atoms with van der Waals surface area (Å²) in [7, 11) is 0. The van der Waals surface area contributed by atoms with Gasteiger partial charge < -0.3 is 10.6 Å². The van der Waals surface area contributed by atoms with Crippen molar-refractivity contribution in [3.8, 4) is 0 Å². The van der Waals surface area contributed by atoms with Crippen LogP contribution in [0.3, 0.4) is 0 Å². The summed E-state index contributed by atoms with van der Waals surface area (Å²) in [5, 5.41) is 0. The predicted octanol–water partition coefficient (Wildman–Crippen LogP) is 2.89. The Balaban J connectivity index is 2.81. The molecule has 0 radical (unpaired) electrons. The van der Waals surface area contributed by atoms with Crippen molar-refractivity contribution in [2.75, 3.05) is 19.6 Å². The van der Waals surface area contributed by atoms with E-state index >= 15 is 0 Å². The summed E-state index contributed by atoms with van der Waals surface area (Å²) in [5.41, 5.74) is 5.73. The maximum Gasteiger partial charge on any atom is 0.263 e. The second-order valence-corrected chi connectivity index (χ2v) is 6.79. The molecule has 1 heterocycles. The van der Waals surface area contributed by atoms with E-state index < -0.39 is 0 Å². The fourth-order valence-electron chi connectivity index (χ4n) is 1.81. The average molecular weight is 268 g/mol. The molecule has 2 N–H and O–H groups in total. The lowest BCUT2D eigenvalue weighted by molar-refractivity contribution is 0.0694. The van der Waals surface area contributed by atoms with E-state index in [9.17, 15) is 4.79 Å². The van der Waals surface area contributed by atoms with Crippen LogP contribution in [0.25, 0.3) is 0 Å². The molecule has 0 aliphatic rings. The molecule has 18 heavy (non-hydrogen) atoms. The number of carbonyl (C=O) groups is 1. The Morgan fingerprint density at radius 3 is 2.56 bits per heavy atom. The van der Waals surface area contributed by atoms with Gasteiger partial charge in [0.25, 0.3) is 5.91 Å². The zero-order valence-electron chi connectivity index (χ0n) is 11.8. The molecular weight excluding hydrogens is 244 g/mol. The highest BCUT2D eigenvalue weighted by Gasteiger charge is 2.24. The molecule has 0 atom stereocenters. The summed E-state index contributed by atoms with van der Waals surface area (Å²) < 4.78 is 0. The van der Waals surface area contributed by atoms with Crippen LogP contribution in [0.4, 0.5) is 0 Å². The summed E-state index contributed by atoms with van der Waals surface area (Å²) in [6.45, 7) is 10.4. The Morgan fingerprint density at radius 1 is 1.44 bits per heavy atom. The Bertz CT molecular complexity index is 398. The van der Waals surface area contributed by atoms with E-state index in [2.05, 4.69) is 20.8 Å². The van der Waals surface area contributed by atoms with Crippen LogP contribution in [0.5, 0.6) is 0 Å². The van der Waals surface area contributed by atoms with E-state index in [-0.39, 0.29) is 11.3 Å². The van der Waals surface area contributed by atoms with Crippen molar-refractivity contribution in [2.24, 2.45) is 11.1 Å². The molecule has 0 fully saturated rings. The minimum absolute atomic E-state index is 0.0306. The van der Waals surface area contributed by atoms with Crippen LogP contribution in [-0.2, 0) is 0 Å². The molecule has 0 bridgehead atoms. The highest BCUT2D eigenvalue weighted by atomic mass is 32.1. The second-order valence-electron chi connectivity index (χ2n) is 5.51. The molecule has 0 saturated heterocycles. The van der Waals surface area contributed by atoms with Gasteiger partial charge in [-0.2, -0.15) is 0 Å². The summed E-state index contributed by atoms with van der Waals surface area (Å²) in [4.78, 5) is 16.4. The van der Waals surface area contributed by atoms with Crippen molar-refractivity contribution in [3.63, 3.8) is 0 Å². The van der Waals surface area contributed by atoms with E-state index in [1.54, 1.807) is 11.3 Å². The predicted molar refractivity (Wildman–Crippen MR) is 78.1 cm³/mol. The third-order valence-electron chi connectivity index (χ3n) is 2.90. The minimum atomic E-state index is -0.0306. The molecule has 4 heteroatoms. The van der Waals surface area contributed by atoms with Crippen molar-refractivity contribution >= 4 is 17.2 Å². The first-order valence-corrected chi connectivity index (χ1v) is 7.27. The molecule has 0 spiro atoms. The van der Waals surface area contributed by atoms with Gasteiger partial charge in [-0.05, 0) is 37.4 Å². The van der Waals surface area contributed by atoms with Crippen LogP contribution >= 0.6 is 11.3 Å². The Morgan fingerprint density at radius 2 is 2.11 bits per heavy atom. The first kappa shape index (κ1) is 15.2. The van der Waals surface area contributed by atoms with Crippen molar-refractivity contribution < 1.29 is 4.79 Å². The molecule has 1 rings (SSSR count). The first-order valence-electron chi connectivity index (χ1n) is 6.45. The van der Waals surface area contributed by atoms with E-state index in [0.29, 0.717) is 13.1 Å². The third-order valence-corrected chi connectivity index (χ3v) is 3.89. The SMILES string of the molecule is CCCN(CC(C)(C)CN)C(=O)c1ccc(C)s1. The number of hydrogen-bond donors (Lipinski definition) is 1.